The Hall–Kier alpha value is -1.13. The Bertz CT molecular complexity index is 409. The molecule has 1 aliphatic heterocycles. The SMILES string of the molecule is CNCC1CCCN(Cc2cccc(OC)c2F)C1. The maximum absolute atomic E-state index is 14.1. The molecule has 1 fully saturated rings. The Morgan fingerprint density at radius 3 is 3.05 bits per heavy atom. The van der Waals surface area contributed by atoms with E-state index in [1.54, 1.807) is 6.07 Å². The van der Waals surface area contributed by atoms with Crippen LogP contribution in [0.4, 0.5) is 4.39 Å². The van der Waals surface area contributed by atoms with Gasteiger partial charge in [-0.3, -0.25) is 4.90 Å². The van der Waals surface area contributed by atoms with Gasteiger partial charge < -0.3 is 10.1 Å². The molecule has 1 atom stereocenters. The van der Waals surface area contributed by atoms with Gasteiger partial charge in [-0.2, -0.15) is 0 Å². The van der Waals surface area contributed by atoms with E-state index in [1.807, 2.05) is 19.2 Å². The third-order valence-electron chi connectivity index (χ3n) is 3.75. The molecule has 1 unspecified atom stereocenters. The number of piperidine rings is 1. The van der Waals surface area contributed by atoms with Crippen LogP contribution in [0.3, 0.4) is 0 Å². The second kappa shape index (κ2) is 6.87. The van der Waals surface area contributed by atoms with E-state index in [0.29, 0.717) is 18.2 Å². The molecule has 2 rings (SSSR count). The van der Waals surface area contributed by atoms with Crippen molar-refractivity contribution in [3.63, 3.8) is 0 Å². The van der Waals surface area contributed by atoms with Gasteiger partial charge in [0.1, 0.15) is 0 Å². The molecule has 1 heterocycles. The fourth-order valence-electron chi connectivity index (χ4n) is 2.83. The van der Waals surface area contributed by atoms with E-state index in [1.165, 1.54) is 20.0 Å². The summed E-state index contributed by atoms with van der Waals surface area (Å²) in [6.07, 6.45) is 2.45. The highest BCUT2D eigenvalue weighted by Gasteiger charge is 2.20. The first-order chi connectivity index (χ1) is 9.24. The van der Waals surface area contributed by atoms with Crippen LogP contribution >= 0.6 is 0 Å². The van der Waals surface area contributed by atoms with Gasteiger partial charge in [-0.15, -0.1) is 0 Å². The molecule has 1 aliphatic rings. The topological polar surface area (TPSA) is 24.5 Å². The second-order valence-electron chi connectivity index (χ2n) is 5.23. The molecule has 4 heteroatoms. The summed E-state index contributed by atoms with van der Waals surface area (Å²) in [6, 6.07) is 5.37. The lowest BCUT2D eigenvalue weighted by Gasteiger charge is -2.32. The highest BCUT2D eigenvalue weighted by Crippen LogP contribution is 2.23. The van der Waals surface area contributed by atoms with Crippen LogP contribution in [0.1, 0.15) is 18.4 Å². The number of hydrogen-bond acceptors (Lipinski definition) is 3. The molecule has 3 nitrogen and oxygen atoms in total. The van der Waals surface area contributed by atoms with Gasteiger partial charge in [0.2, 0.25) is 0 Å². The summed E-state index contributed by atoms with van der Waals surface area (Å²) in [4.78, 5) is 2.34. The molecule has 1 aromatic rings. The monoisotopic (exact) mass is 266 g/mol. The standard InChI is InChI=1S/C15H23FN2O/c1-17-9-12-5-4-8-18(10-12)11-13-6-3-7-14(19-2)15(13)16/h3,6-7,12,17H,4-5,8-11H2,1-2H3. The highest BCUT2D eigenvalue weighted by atomic mass is 19.1. The van der Waals surface area contributed by atoms with Crippen molar-refractivity contribution in [1.29, 1.82) is 0 Å². The Morgan fingerprint density at radius 2 is 2.32 bits per heavy atom. The van der Waals surface area contributed by atoms with Crippen LogP contribution in [0.15, 0.2) is 18.2 Å². The molecule has 0 aliphatic carbocycles. The molecule has 106 valence electrons. The quantitative estimate of drug-likeness (QED) is 0.885. The summed E-state index contributed by atoms with van der Waals surface area (Å²) >= 11 is 0. The van der Waals surface area contributed by atoms with Crippen molar-refractivity contribution in [2.24, 2.45) is 5.92 Å². The van der Waals surface area contributed by atoms with E-state index < -0.39 is 0 Å². The molecule has 0 radical (unpaired) electrons. The van der Waals surface area contributed by atoms with Crippen LogP contribution in [0.5, 0.6) is 5.75 Å². The lowest BCUT2D eigenvalue weighted by Crippen LogP contribution is -2.38. The van der Waals surface area contributed by atoms with E-state index in [2.05, 4.69) is 10.2 Å². The minimum absolute atomic E-state index is 0.222. The number of benzene rings is 1. The molecule has 19 heavy (non-hydrogen) atoms. The highest BCUT2D eigenvalue weighted by molar-refractivity contribution is 5.31. The summed E-state index contributed by atoms with van der Waals surface area (Å²) in [5.41, 5.74) is 0.726. The van der Waals surface area contributed by atoms with Gasteiger partial charge in [0.15, 0.2) is 11.6 Å². The van der Waals surface area contributed by atoms with E-state index in [4.69, 9.17) is 4.74 Å². The van der Waals surface area contributed by atoms with Crippen molar-refractivity contribution in [1.82, 2.24) is 10.2 Å². The van der Waals surface area contributed by atoms with Gasteiger partial charge in [-0.25, -0.2) is 4.39 Å². The van der Waals surface area contributed by atoms with Crippen LogP contribution in [0, 0.1) is 11.7 Å². The van der Waals surface area contributed by atoms with Gasteiger partial charge in [0.05, 0.1) is 7.11 Å². The largest absolute Gasteiger partial charge is 0.494 e. The minimum Gasteiger partial charge on any atom is -0.494 e. The van der Waals surface area contributed by atoms with Gasteiger partial charge in [-0.05, 0) is 45.0 Å². The van der Waals surface area contributed by atoms with E-state index in [-0.39, 0.29) is 5.82 Å². The smallest absolute Gasteiger partial charge is 0.169 e. The number of ether oxygens (including phenoxy) is 1. The zero-order valence-electron chi connectivity index (χ0n) is 11.8. The average molecular weight is 266 g/mol. The normalized spacial score (nSPS) is 20.5. The Morgan fingerprint density at radius 1 is 1.47 bits per heavy atom. The minimum atomic E-state index is -0.222. The zero-order valence-corrected chi connectivity index (χ0v) is 11.8. The molecule has 0 spiro atoms. The summed E-state index contributed by atoms with van der Waals surface area (Å²) < 4.78 is 19.1. The van der Waals surface area contributed by atoms with Crippen molar-refractivity contribution in [2.45, 2.75) is 19.4 Å². The van der Waals surface area contributed by atoms with Crippen molar-refractivity contribution < 1.29 is 9.13 Å². The van der Waals surface area contributed by atoms with Gasteiger partial charge in [0.25, 0.3) is 0 Å². The summed E-state index contributed by atoms with van der Waals surface area (Å²) in [5, 5.41) is 3.23. The predicted octanol–water partition coefficient (Wildman–Crippen LogP) is 2.27. The van der Waals surface area contributed by atoms with Crippen LogP contribution < -0.4 is 10.1 Å². The molecular formula is C15H23FN2O. The van der Waals surface area contributed by atoms with E-state index in [0.717, 1.165) is 25.2 Å². The predicted molar refractivity (Wildman–Crippen MR) is 74.9 cm³/mol. The lowest BCUT2D eigenvalue weighted by atomic mass is 9.97. The third-order valence-corrected chi connectivity index (χ3v) is 3.75. The molecular weight excluding hydrogens is 243 g/mol. The van der Waals surface area contributed by atoms with Crippen LogP contribution in [0.2, 0.25) is 0 Å². The van der Waals surface area contributed by atoms with Crippen LogP contribution in [-0.4, -0.2) is 38.7 Å². The Kier molecular flexibility index (Phi) is 5.16. The van der Waals surface area contributed by atoms with Gasteiger partial charge >= 0.3 is 0 Å². The fraction of sp³-hybridized carbons (Fsp3) is 0.600. The van der Waals surface area contributed by atoms with Gasteiger partial charge in [0, 0.05) is 18.7 Å². The van der Waals surface area contributed by atoms with Crippen molar-refractivity contribution in [2.75, 3.05) is 33.8 Å². The number of methoxy groups -OCH3 is 1. The first-order valence-corrected chi connectivity index (χ1v) is 6.93. The number of rotatable bonds is 5. The van der Waals surface area contributed by atoms with Crippen LogP contribution in [0.25, 0.3) is 0 Å². The Labute approximate surface area is 114 Å². The van der Waals surface area contributed by atoms with Crippen molar-refractivity contribution in [3.8, 4) is 5.75 Å². The number of nitrogens with zero attached hydrogens (tertiary/aromatic N) is 1. The number of halogens is 1. The zero-order chi connectivity index (χ0) is 13.7. The first-order valence-electron chi connectivity index (χ1n) is 6.93. The van der Waals surface area contributed by atoms with Crippen molar-refractivity contribution >= 4 is 0 Å². The third kappa shape index (κ3) is 3.67. The van der Waals surface area contributed by atoms with Crippen molar-refractivity contribution in [3.05, 3.63) is 29.6 Å². The average Bonchev–Trinajstić information content (AvgIpc) is 2.42. The molecule has 0 saturated carbocycles. The maximum Gasteiger partial charge on any atom is 0.169 e. The van der Waals surface area contributed by atoms with E-state index >= 15 is 0 Å². The summed E-state index contributed by atoms with van der Waals surface area (Å²) in [5.74, 6) is 0.787. The molecule has 0 amide bonds. The summed E-state index contributed by atoms with van der Waals surface area (Å²) in [6.45, 7) is 3.80. The Balaban J connectivity index is 2.00. The molecule has 0 aromatic heterocycles. The fourth-order valence-corrected chi connectivity index (χ4v) is 2.83. The summed E-state index contributed by atoms with van der Waals surface area (Å²) in [7, 11) is 3.49. The molecule has 0 bridgehead atoms. The molecule has 1 saturated heterocycles. The second-order valence-corrected chi connectivity index (χ2v) is 5.23. The maximum atomic E-state index is 14.1. The van der Waals surface area contributed by atoms with Gasteiger partial charge in [-0.1, -0.05) is 12.1 Å². The number of hydrogen-bond donors (Lipinski definition) is 1. The van der Waals surface area contributed by atoms with E-state index in [9.17, 15) is 4.39 Å². The molecule has 1 N–H and O–H groups in total. The molecule has 1 aromatic carbocycles. The number of nitrogens with one attached hydrogen (secondary N) is 1. The number of likely N-dealkylation sites (tertiary alicyclic amines) is 1. The lowest BCUT2D eigenvalue weighted by molar-refractivity contribution is 0.165. The van der Waals surface area contributed by atoms with Crippen LogP contribution in [-0.2, 0) is 6.54 Å². The first kappa shape index (κ1) is 14.3.